The first-order valence-corrected chi connectivity index (χ1v) is 5.79. The maximum absolute atomic E-state index is 8.94. The summed E-state index contributed by atoms with van der Waals surface area (Å²) in [6, 6.07) is 7.82. The Kier molecular flexibility index (Phi) is 3.00. The number of anilines is 2. The molecule has 1 atom stereocenters. The Morgan fingerprint density at radius 3 is 3.00 bits per heavy atom. The summed E-state index contributed by atoms with van der Waals surface area (Å²) in [5, 5.41) is 8.94. The van der Waals surface area contributed by atoms with E-state index in [1.54, 1.807) is 6.07 Å². The second kappa shape index (κ2) is 4.44. The van der Waals surface area contributed by atoms with Crippen LogP contribution in [-0.4, -0.2) is 13.1 Å². The summed E-state index contributed by atoms with van der Waals surface area (Å²) >= 11 is 0. The molecule has 0 radical (unpaired) electrons. The lowest BCUT2D eigenvalue weighted by Gasteiger charge is -2.20. The van der Waals surface area contributed by atoms with Crippen LogP contribution in [0.2, 0.25) is 0 Å². The zero-order chi connectivity index (χ0) is 11.5. The average Bonchev–Trinajstić information content (AvgIpc) is 2.78. The highest BCUT2D eigenvalue weighted by atomic mass is 15.2. The fraction of sp³-hybridized carbons (Fsp3) is 0.462. The SMILES string of the molecule is CCC1CCN(c2cccc(C#N)c2N)C1. The maximum Gasteiger partial charge on any atom is 0.101 e. The number of nitrogens with zero attached hydrogens (tertiary/aromatic N) is 2. The normalized spacial score (nSPS) is 19.8. The highest BCUT2D eigenvalue weighted by molar-refractivity contribution is 5.74. The molecule has 1 fully saturated rings. The Bertz CT molecular complexity index is 420. The Balaban J connectivity index is 2.25. The standard InChI is InChI=1S/C13H17N3/c1-2-10-6-7-16(9-10)12-5-3-4-11(8-14)13(12)15/h3-5,10H,2,6-7,9,15H2,1H3. The van der Waals surface area contributed by atoms with Crippen LogP contribution in [-0.2, 0) is 0 Å². The third-order valence-corrected chi connectivity index (χ3v) is 3.41. The number of nitrogen functional groups attached to an aromatic ring is 1. The number of hydrogen-bond donors (Lipinski definition) is 1. The quantitative estimate of drug-likeness (QED) is 0.770. The smallest absolute Gasteiger partial charge is 0.101 e. The van der Waals surface area contributed by atoms with E-state index < -0.39 is 0 Å². The summed E-state index contributed by atoms with van der Waals surface area (Å²) in [5.41, 5.74) is 8.23. The molecule has 0 amide bonds. The predicted octanol–water partition coefficient (Wildman–Crippen LogP) is 2.38. The van der Waals surface area contributed by atoms with E-state index in [4.69, 9.17) is 11.0 Å². The minimum absolute atomic E-state index is 0.581. The number of nitrogens with two attached hydrogens (primary N) is 1. The molecule has 1 saturated heterocycles. The summed E-state index contributed by atoms with van der Waals surface area (Å²) in [6.07, 6.45) is 2.45. The van der Waals surface area contributed by atoms with Gasteiger partial charge in [-0.25, -0.2) is 0 Å². The average molecular weight is 215 g/mol. The summed E-state index contributed by atoms with van der Waals surface area (Å²) in [4.78, 5) is 2.30. The van der Waals surface area contributed by atoms with Crippen molar-refractivity contribution in [3.8, 4) is 6.07 Å². The molecule has 0 saturated carbocycles. The van der Waals surface area contributed by atoms with Crippen molar-refractivity contribution < 1.29 is 0 Å². The van der Waals surface area contributed by atoms with E-state index in [9.17, 15) is 0 Å². The highest BCUT2D eigenvalue weighted by Gasteiger charge is 2.22. The molecule has 84 valence electrons. The number of nitriles is 1. The molecule has 0 bridgehead atoms. The maximum atomic E-state index is 8.94. The van der Waals surface area contributed by atoms with Gasteiger partial charge in [0.15, 0.2) is 0 Å². The Morgan fingerprint density at radius 2 is 2.38 bits per heavy atom. The van der Waals surface area contributed by atoms with Gasteiger partial charge in [0.05, 0.1) is 16.9 Å². The summed E-state index contributed by atoms with van der Waals surface area (Å²) in [5.74, 6) is 0.769. The Hall–Kier alpha value is -1.69. The van der Waals surface area contributed by atoms with Gasteiger partial charge >= 0.3 is 0 Å². The van der Waals surface area contributed by atoms with Gasteiger partial charge in [-0.15, -0.1) is 0 Å². The molecule has 1 aliphatic heterocycles. The third-order valence-electron chi connectivity index (χ3n) is 3.41. The van der Waals surface area contributed by atoms with Gasteiger partial charge in [-0.3, -0.25) is 0 Å². The van der Waals surface area contributed by atoms with Gasteiger partial charge in [0.2, 0.25) is 0 Å². The van der Waals surface area contributed by atoms with E-state index in [-0.39, 0.29) is 0 Å². The van der Waals surface area contributed by atoms with E-state index in [1.807, 2.05) is 12.1 Å². The topological polar surface area (TPSA) is 53.0 Å². The van der Waals surface area contributed by atoms with E-state index in [1.165, 1.54) is 12.8 Å². The predicted molar refractivity (Wildman–Crippen MR) is 66.2 cm³/mol. The van der Waals surface area contributed by atoms with Crippen molar-refractivity contribution in [3.05, 3.63) is 23.8 Å². The van der Waals surface area contributed by atoms with Crippen LogP contribution < -0.4 is 10.6 Å². The van der Waals surface area contributed by atoms with Gasteiger partial charge in [0.1, 0.15) is 6.07 Å². The molecule has 2 rings (SSSR count). The van der Waals surface area contributed by atoms with Crippen LogP contribution in [0.5, 0.6) is 0 Å². The van der Waals surface area contributed by atoms with Gasteiger partial charge < -0.3 is 10.6 Å². The van der Waals surface area contributed by atoms with Crippen LogP contribution >= 0.6 is 0 Å². The largest absolute Gasteiger partial charge is 0.396 e. The van der Waals surface area contributed by atoms with Gasteiger partial charge in [-0.05, 0) is 24.5 Å². The van der Waals surface area contributed by atoms with Gasteiger partial charge in [-0.1, -0.05) is 19.4 Å². The van der Waals surface area contributed by atoms with Crippen molar-refractivity contribution in [2.24, 2.45) is 5.92 Å². The monoisotopic (exact) mass is 215 g/mol. The molecule has 1 heterocycles. The molecular formula is C13H17N3. The fourth-order valence-electron chi connectivity index (χ4n) is 2.31. The molecule has 1 unspecified atom stereocenters. The first-order chi connectivity index (χ1) is 7.76. The van der Waals surface area contributed by atoms with Crippen LogP contribution in [0, 0.1) is 17.2 Å². The van der Waals surface area contributed by atoms with Gasteiger partial charge in [0, 0.05) is 13.1 Å². The van der Waals surface area contributed by atoms with Crippen LogP contribution in [0.3, 0.4) is 0 Å². The highest BCUT2D eigenvalue weighted by Crippen LogP contribution is 2.31. The fourth-order valence-corrected chi connectivity index (χ4v) is 2.31. The molecule has 3 nitrogen and oxygen atoms in total. The molecule has 0 aliphatic carbocycles. The molecule has 2 N–H and O–H groups in total. The third kappa shape index (κ3) is 1.83. The van der Waals surface area contributed by atoms with E-state index in [0.717, 1.165) is 24.7 Å². The molecule has 1 aliphatic rings. The van der Waals surface area contributed by atoms with Crippen molar-refractivity contribution in [2.75, 3.05) is 23.7 Å². The molecule has 0 aromatic heterocycles. The van der Waals surface area contributed by atoms with Crippen LogP contribution in [0.25, 0.3) is 0 Å². The zero-order valence-electron chi connectivity index (χ0n) is 9.61. The summed E-state index contributed by atoms with van der Waals surface area (Å²) < 4.78 is 0. The lowest BCUT2D eigenvalue weighted by atomic mass is 10.1. The first-order valence-electron chi connectivity index (χ1n) is 5.79. The van der Waals surface area contributed by atoms with Gasteiger partial charge in [0.25, 0.3) is 0 Å². The first kappa shape index (κ1) is 10.8. The second-order valence-electron chi connectivity index (χ2n) is 4.36. The molecule has 1 aromatic rings. The van der Waals surface area contributed by atoms with Crippen LogP contribution in [0.15, 0.2) is 18.2 Å². The van der Waals surface area contributed by atoms with E-state index in [2.05, 4.69) is 17.9 Å². The lowest BCUT2D eigenvalue weighted by Crippen LogP contribution is -2.21. The van der Waals surface area contributed by atoms with Crippen molar-refractivity contribution >= 4 is 11.4 Å². The zero-order valence-corrected chi connectivity index (χ0v) is 9.61. The molecule has 16 heavy (non-hydrogen) atoms. The number of rotatable bonds is 2. The van der Waals surface area contributed by atoms with Crippen molar-refractivity contribution in [1.82, 2.24) is 0 Å². The van der Waals surface area contributed by atoms with Crippen LogP contribution in [0.1, 0.15) is 25.3 Å². The lowest BCUT2D eigenvalue weighted by molar-refractivity contribution is 0.569. The van der Waals surface area contributed by atoms with E-state index >= 15 is 0 Å². The van der Waals surface area contributed by atoms with Crippen molar-refractivity contribution in [1.29, 1.82) is 5.26 Å². The molecular weight excluding hydrogens is 198 g/mol. The number of hydrogen-bond acceptors (Lipinski definition) is 3. The number of benzene rings is 1. The Morgan fingerprint density at radius 1 is 1.56 bits per heavy atom. The molecule has 0 spiro atoms. The minimum Gasteiger partial charge on any atom is -0.396 e. The van der Waals surface area contributed by atoms with Crippen molar-refractivity contribution in [2.45, 2.75) is 19.8 Å². The minimum atomic E-state index is 0.581. The van der Waals surface area contributed by atoms with E-state index in [0.29, 0.717) is 11.3 Å². The van der Waals surface area contributed by atoms with Crippen molar-refractivity contribution in [3.63, 3.8) is 0 Å². The summed E-state index contributed by atoms with van der Waals surface area (Å²) in [7, 11) is 0. The van der Waals surface area contributed by atoms with Gasteiger partial charge in [-0.2, -0.15) is 5.26 Å². The Labute approximate surface area is 96.5 Å². The number of para-hydroxylation sites is 1. The second-order valence-corrected chi connectivity index (χ2v) is 4.36. The molecule has 3 heteroatoms. The molecule has 1 aromatic carbocycles. The summed E-state index contributed by atoms with van der Waals surface area (Å²) in [6.45, 7) is 4.34. The van der Waals surface area contributed by atoms with Crippen LogP contribution in [0.4, 0.5) is 11.4 Å².